The number of nitrogens with zero attached hydrogens (tertiary/aromatic N) is 3. The van der Waals surface area contributed by atoms with Gasteiger partial charge in [0, 0.05) is 53.3 Å². The summed E-state index contributed by atoms with van der Waals surface area (Å²) in [6.07, 6.45) is 0. The molecule has 0 N–H and O–H groups in total. The number of aromatic nitrogens is 3. The Labute approximate surface area is 293 Å². The maximum Gasteiger partial charge on any atom is 0.161 e. The van der Waals surface area contributed by atoms with Crippen LogP contribution in [0.2, 0.25) is 0 Å². The van der Waals surface area contributed by atoms with E-state index in [4.69, 9.17) is 9.97 Å². The zero-order valence-corrected chi connectivity index (χ0v) is 27.8. The zero-order valence-electron chi connectivity index (χ0n) is 27.0. The van der Waals surface area contributed by atoms with Crippen LogP contribution in [-0.2, 0) is 0 Å². The summed E-state index contributed by atoms with van der Waals surface area (Å²) >= 11 is 1.82. The molecule has 0 amide bonds. The summed E-state index contributed by atoms with van der Waals surface area (Å²) in [5.41, 5.74) is 11.1. The van der Waals surface area contributed by atoms with Gasteiger partial charge in [-0.05, 0) is 53.6 Å². The number of thiophene rings is 1. The highest BCUT2D eigenvalue weighted by Crippen LogP contribution is 2.43. The molecule has 0 unspecified atom stereocenters. The molecule has 7 aromatic carbocycles. The highest BCUT2D eigenvalue weighted by Gasteiger charge is 2.18. The minimum atomic E-state index is 0.737. The van der Waals surface area contributed by atoms with Gasteiger partial charge in [0.15, 0.2) is 5.82 Å². The molecule has 3 heterocycles. The van der Waals surface area contributed by atoms with E-state index >= 15 is 0 Å². The van der Waals surface area contributed by atoms with E-state index in [1.807, 2.05) is 23.5 Å². The van der Waals surface area contributed by atoms with Gasteiger partial charge in [0.2, 0.25) is 0 Å². The standard InChI is InChI=1S/C46H29N3S/c1-4-14-30(15-5-1)39-29-40(31-16-6-2-7-17-31)48-46(47-39)38-23-12-22-36-35-27-26-32(28-43(35)50-45(36)38)34-21-13-25-42-44(34)37-20-10-11-24-41(37)49(42)33-18-8-3-9-19-33/h1-29H. The Morgan fingerprint density at radius 2 is 1.02 bits per heavy atom. The molecule has 0 bridgehead atoms. The number of benzene rings is 7. The van der Waals surface area contributed by atoms with Gasteiger partial charge in [-0.15, -0.1) is 11.3 Å². The van der Waals surface area contributed by atoms with Gasteiger partial charge in [-0.25, -0.2) is 9.97 Å². The lowest BCUT2D eigenvalue weighted by Gasteiger charge is -2.10. The van der Waals surface area contributed by atoms with Gasteiger partial charge in [0.25, 0.3) is 0 Å². The third kappa shape index (κ3) is 4.65. The first-order valence-corrected chi connectivity index (χ1v) is 17.7. The van der Waals surface area contributed by atoms with E-state index in [1.54, 1.807) is 0 Å². The zero-order chi connectivity index (χ0) is 33.0. The van der Waals surface area contributed by atoms with E-state index in [0.717, 1.165) is 39.6 Å². The van der Waals surface area contributed by atoms with Gasteiger partial charge in [-0.1, -0.05) is 133 Å². The first-order valence-electron chi connectivity index (χ1n) is 16.8. The molecule has 10 rings (SSSR count). The van der Waals surface area contributed by atoms with E-state index in [9.17, 15) is 0 Å². The molecule has 234 valence electrons. The van der Waals surface area contributed by atoms with Crippen molar-refractivity contribution in [2.24, 2.45) is 0 Å². The lowest BCUT2D eigenvalue weighted by Crippen LogP contribution is -1.96. The fourth-order valence-electron chi connectivity index (χ4n) is 7.34. The highest BCUT2D eigenvalue weighted by atomic mass is 32.1. The second kappa shape index (κ2) is 11.7. The molecule has 0 saturated heterocycles. The van der Waals surface area contributed by atoms with Gasteiger partial charge in [-0.2, -0.15) is 0 Å². The highest BCUT2D eigenvalue weighted by molar-refractivity contribution is 7.26. The van der Waals surface area contributed by atoms with Crippen LogP contribution in [-0.4, -0.2) is 14.5 Å². The third-order valence-corrected chi connectivity index (χ3v) is 10.8. The quantitative estimate of drug-likeness (QED) is 0.185. The van der Waals surface area contributed by atoms with Crippen molar-refractivity contribution in [3.8, 4) is 50.7 Å². The summed E-state index contributed by atoms with van der Waals surface area (Å²) in [6, 6.07) is 62.4. The van der Waals surface area contributed by atoms with Crippen LogP contribution in [0.15, 0.2) is 176 Å². The van der Waals surface area contributed by atoms with Crippen molar-refractivity contribution in [1.82, 2.24) is 14.5 Å². The molecule has 4 heteroatoms. The predicted molar refractivity (Wildman–Crippen MR) is 211 cm³/mol. The molecular weight excluding hydrogens is 627 g/mol. The van der Waals surface area contributed by atoms with E-state index in [-0.39, 0.29) is 0 Å². The Kier molecular flexibility index (Phi) is 6.68. The van der Waals surface area contributed by atoms with Crippen LogP contribution in [0.1, 0.15) is 0 Å². The molecule has 50 heavy (non-hydrogen) atoms. The Morgan fingerprint density at radius 1 is 0.420 bits per heavy atom. The monoisotopic (exact) mass is 655 g/mol. The van der Waals surface area contributed by atoms with Crippen molar-refractivity contribution in [2.45, 2.75) is 0 Å². The second-order valence-electron chi connectivity index (χ2n) is 12.6. The number of fused-ring (bicyclic) bond motifs is 6. The lowest BCUT2D eigenvalue weighted by atomic mass is 9.98. The largest absolute Gasteiger partial charge is 0.309 e. The summed E-state index contributed by atoms with van der Waals surface area (Å²) in [7, 11) is 0. The van der Waals surface area contributed by atoms with Gasteiger partial charge in [0.05, 0.1) is 22.4 Å². The minimum absolute atomic E-state index is 0.737. The van der Waals surface area contributed by atoms with Crippen LogP contribution in [0.5, 0.6) is 0 Å². The van der Waals surface area contributed by atoms with Crippen molar-refractivity contribution < 1.29 is 0 Å². The summed E-state index contributed by atoms with van der Waals surface area (Å²) in [5, 5.41) is 5.00. The van der Waals surface area contributed by atoms with Crippen LogP contribution in [0, 0.1) is 0 Å². The Balaban J connectivity index is 1.16. The van der Waals surface area contributed by atoms with E-state index < -0.39 is 0 Å². The Bertz CT molecular complexity index is 2800. The fraction of sp³-hybridized carbons (Fsp3) is 0. The van der Waals surface area contributed by atoms with Crippen molar-refractivity contribution in [3.05, 3.63) is 176 Å². The third-order valence-electron chi connectivity index (χ3n) is 9.63. The molecule has 3 nitrogen and oxygen atoms in total. The average molecular weight is 656 g/mol. The average Bonchev–Trinajstić information content (AvgIpc) is 3.74. The topological polar surface area (TPSA) is 30.7 Å². The number of hydrogen-bond donors (Lipinski definition) is 0. The summed E-state index contributed by atoms with van der Waals surface area (Å²) in [5.74, 6) is 0.737. The number of rotatable bonds is 5. The molecule has 0 aliphatic carbocycles. The summed E-state index contributed by atoms with van der Waals surface area (Å²) in [6.45, 7) is 0. The van der Waals surface area contributed by atoms with Gasteiger partial charge < -0.3 is 4.57 Å². The molecule has 3 aromatic heterocycles. The predicted octanol–water partition coefficient (Wildman–Crippen LogP) is 12.6. The smallest absolute Gasteiger partial charge is 0.161 e. The normalized spacial score (nSPS) is 11.6. The molecule has 0 aliphatic heterocycles. The number of para-hydroxylation sites is 2. The van der Waals surface area contributed by atoms with Crippen molar-refractivity contribution in [3.63, 3.8) is 0 Å². The first kappa shape index (κ1) is 28.6. The fourth-order valence-corrected chi connectivity index (χ4v) is 8.59. The van der Waals surface area contributed by atoms with E-state index in [1.165, 1.54) is 53.1 Å². The molecule has 0 radical (unpaired) electrons. The van der Waals surface area contributed by atoms with Crippen molar-refractivity contribution in [1.29, 1.82) is 0 Å². The van der Waals surface area contributed by atoms with Crippen LogP contribution in [0.3, 0.4) is 0 Å². The molecule has 10 aromatic rings. The summed E-state index contributed by atoms with van der Waals surface area (Å²) < 4.78 is 4.82. The maximum atomic E-state index is 5.17. The van der Waals surface area contributed by atoms with E-state index in [2.05, 4.69) is 168 Å². The maximum absolute atomic E-state index is 5.17. The van der Waals surface area contributed by atoms with Crippen LogP contribution in [0.25, 0.3) is 92.7 Å². The second-order valence-corrected chi connectivity index (χ2v) is 13.6. The van der Waals surface area contributed by atoms with Crippen LogP contribution in [0.4, 0.5) is 0 Å². The van der Waals surface area contributed by atoms with Gasteiger partial charge >= 0.3 is 0 Å². The van der Waals surface area contributed by atoms with Crippen molar-refractivity contribution >= 4 is 53.3 Å². The summed E-state index contributed by atoms with van der Waals surface area (Å²) in [4.78, 5) is 10.3. The molecule has 0 atom stereocenters. The van der Waals surface area contributed by atoms with E-state index in [0.29, 0.717) is 0 Å². The molecule has 0 saturated carbocycles. The Morgan fingerprint density at radius 3 is 1.76 bits per heavy atom. The van der Waals surface area contributed by atoms with Gasteiger partial charge in [0.1, 0.15) is 0 Å². The molecule has 0 aliphatic rings. The SMILES string of the molecule is c1ccc(-c2cc(-c3ccccc3)nc(-c3cccc4c3sc3cc(-c5cccc6c5c5ccccc5n6-c5ccccc5)ccc34)n2)cc1. The Hall–Kier alpha value is -6.36. The lowest BCUT2D eigenvalue weighted by molar-refractivity contribution is 1.18. The van der Waals surface area contributed by atoms with Crippen LogP contribution >= 0.6 is 11.3 Å². The molecular formula is C46H29N3S. The van der Waals surface area contributed by atoms with Crippen LogP contribution < -0.4 is 0 Å². The molecule has 0 spiro atoms. The number of hydrogen-bond acceptors (Lipinski definition) is 3. The van der Waals surface area contributed by atoms with Gasteiger partial charge in [-0.3, -0.25) is 0 Å². The van der Waals surface area contributed by atoms with Crippen molar-refractivity contribution in [2.75, 3.05) is 0 Å². The first-order chi connectivity index (χ1) is 24.8. The minimum Gasteiger partial charge on any atom is -0.309 e. The molecule has 0 fully saturated rings.